The van der Waals surface area contributed by atoms with Gasteiger partial charge in [-0.05, 0) is 23.8 Å². The number of hydrogen-bond donors (Lipinski definition) is 0. The maximum Gasteiger partial charge on any atom is 0.150 e. The first-order valence-electron chi connectivity index (χ1n) is 4.00. The van der Waals surface area contributed by atoms with Crippen molar-refractivity contribution in [3.8, 4) is 0 Å². The molecule has 3 nitrogen and oxygen atoms in total. The molecule has 0 aliphatic rings. The molecule has 0 atom stereocenters. The second-order valence-electron chi connectivity index (χ2n) is 2.90. The summed E-state index contributed by atoms with van der Waals surface area (Å²) in [6, 6.07) is 6.97. The first-order valence-corrected chi connectivity index (χ1v) is 5.12. The highest BCUT2D eigenvalue weighted by molar-refractivity contribution is 9.08. The van der Waals surface area contributed by atoms with Crippen LogP contribution in [0.25, 0.3) is 11.0 Å². The van der Waals surface area contributed by atoms with Crippen molar-refractivity contribution in [2.24, 2.45) is 0 Å². The van der Waals surface area contributed by atoms with Gasteiger partial charge in [0.2, 0.25) is 0 Å². The first-order chi connectivity index (χ1) is 6.70. The number of fused-ring (bicyclic) bond motifs is 1. The van der Waals surface area contributed by atoms with Gasteiger partial charge >= 0.3 is 0 Å². The molecule has 1 heterocycles. The molecule has 0 saturated heterocycles. The van der Waals surface area contributed by atoms with Crippen LogP contribution in [0.4, 0.5) is 0 Å². The second-order valence-corrected chi connectivity index (χ2v) is 3.46. The van der Waals surface area contributed by atoms with Gasteiger partial charge in [-0.25, -0.2) is 0 Å². The Labute approximate surface area is 88.5 Å². The summed E-state index contributed by atoms with van der Waals surface area (Å²) < 4.78 is 5.05. The van der Waals surface area contributed by atoms with Crippen molar-refractivity contribution in [2.45, 2.75) is 5.33 Å². The van der Waals surface area contributed by atoms with Crippen LogP contribution >= 0.6 is 15.9 Å². The fourth-order valence-electron chi connectivity index (χ4n) is 1.28. The lowest BCUT2D eigenvalue weighted by Gasteiger charge is -1.93. The van der Waals surface area contributed by atoms with E-state index < -0.39 is 5.97 Å². The molecule has 0 unspecified atom stereocenters. The predicted octanol–water partition coefficient (Wildman–Crippen LogP) is 1.69. The minimum absolute atomic E-state index is 0.133. The van der Waals surface area contributed by atoms with Crippen molar-refractivity contribution < 1.29 is 14.3 Å². The summed E-state index contributed by atoms with van der Waals surface area (Å²) in [6.07, 6.45) is 0. The van der Waals surface area contributed by atoms with Crippen LogP contribution in [0.2, 0.25) is 0 Å². The SMILES string of the molecule is O=C([O-])c1cc2cc(CBr)ccc2o1. The number of carboxylic acid groups (broad SMARTS) is 1. The fourth-order valence-corrected chi connectivity index (χ4v) is 1.63. The Morgan fingerprint density at radius 2 is 2.21 bits per heavy atom. The number of rotatable bonds is 2. The minimum atomic E-state index is -1.29. The van der Waals surface area contributed by atoms with Crippen LogP contribution in [-0.2, 0) is 5.33 Å². The van der Waals surface area contributed by atoms with Gasteiger partial charge in [0.05, 0.1) is 0 Å². The van der Waals surface area contributed by atoms with Gasteiger partial charge in [-0.3, -0.25) is 0 Å². The van der Waals surface area contributed by atoms with E-state index in [1.54, 1.807) is 6.07 Å². The standard InChI is InChI=1S/C10H7BrO3/c11-5-6-1-2-8-7(3-6)4-9(14-8)10(12)13/h1-4H,5H2,(H,12,13)/p-1. The van der Waals surface area contributed by atoms with Gasteiger partial charge in [-0.2, -0.15) is 0 Å². The van der Waals surface area contributed by atoms with E-state index in [4.69, 9.17) is 4.42 Å². The molecule has 0 spiro atoms. The smallest absolute Gasteiger partial charge is 0.150 e. The van der Waals surface area contributed by atoms with Crippen molar-refractivity contribution in [2.75, 3.05) is 0 Å². The molecule has 2 aromatic rings. The van der Waals surface area contributed by atoms with E-state index in [9.17, 15) is 9.90 Å². The number of benzene rings is 1. The van der Waals surface area contributed by atoms with Gasteiger partial charge in [0.25, 0.3) is 0 Å². The van der Waals surface area contributed by atoms with E-state index in [0.29, 0.717) is 5.58 Å². The van der Waals surface area contributed by atoms with Gasteiger partial charge in [0, 0.05) is 10.7 Å². The van der Waals surface area contributed by atoms with Crippen molar-refractivity contribution >= 4 is 32.9 Å². The number of hydrogen-bond acceptors (Lipinski definition) is 3. The summed E-state index contributed by atoms with van der Waals surface area (Å²) in [4.78, 5) is 10.5. The number of alkyl halides is 1. The molecular weight excluding hydrogens is 248 g/mol. The van der Waals surface area contributed by atoms with Gasteiger partial charge in [-0.1, -0.05) is 22.0 Å². The topological polar surface area (TPSA) is 53.3 Å². The molecule has 14 heavy (non-hydrogen) atoms. The van der Waals surface area contributed by atoms with E-state index >= 15 is 0 Å². The number of halogens is 1. The first kappa shape index (κ1) is 9.27. The Hall–Kier alpha value is -1.29. The lowest BCUT2D eigenvalue weighted by molar-refractivity contribution is -0.256. The fraction of sp³-hybridized carbons (Fsp3) is 0.100. The highest BCUT2D eigenvalue weighted by atomic mass is 79.9. The third kappa shape index (κ3) is 1.53. The van der Waals surface area contributed by atoms with Crippen LogP contribution in [0.3, 0.4) is 0 Å². The average Bonchev–Trinajstić information content (AvgIpc) is 2.59. The van der Waals surface area contributed by atoms with Crippen LogP contribution in [0, 0.1) is 0 Å². The molecule has 1 aromatic carbocycles. The summed E-state index contributed by atoms with van der Waals surface area (Å²) >= 11 is 3.32. The van der Waals surface area contributed by atoms with Gasteiger partial charge in [0.1, 0.15) is 11.6 Å². The molecule has 2 rings (SSSR count). The van der Waals surface area contributed by atoms with Crippen molar-refractivity contribution in [3.63, 3.8) is 0 Å². The zero-order valence-electron chi connectivity index (χ0n) is 7.12. The molecule has 0 saturated carbocycles. The van der Waals surface area contributed by atoms with Gasteiger partial charge in [-0.15, -0.1) is 0 Å². The second kappa shape index (κ2) is 3.46. The minimum Gasteiger partial charge on any atom is -0.542 e. The van der Waals surface area contributed by atoms with Gasteiger partial charge in [0.15, 0.2) is 5.76 Å². The van der Waals surface area contributed by atoms with Crippen molar-refractivity contribution in [1.29, 1.82) is 0 Å². The average molecular weight is 254 g/mol. The molecule has 0 aliphatic heterocycles. The largest absolute Gasteiger partial charge is 0.542 e. The molecule has 0 fully saturated rings. The van der Waals surface area contributed by atoms with Crippen LogP contribution in [0.1, 0.15) is 16.1 Å². The monoisotopic (exact) mass is 253 g/mol. The molecule has 0 N–H and O–H groups in total. The van der Waals surface area contributed by atoms with Crippen molar-refractivity contribution in [3.05, 3.63) is 35.6 Å². The molecule has 1 aromatic heterocycles. The summed E-state index contributed by atoms with van der Waals surface area (Å²) in [5.74, 6) is -1.42. The number of furan rings is 1. The van der Waals surface area contributed by atoms with E-state index in [1.165, 1.54) is 6.07 Å². The lowest BCUT2D eigenvalue weighted by Crippen LogP contribution is -2.21. The Bertz CT molecular complexity index is 487. The number of aromatic carboxylic acids is 1. The Morgan fingerprint density at radius 1 is 1.43 bits per heavy atom. The summed E-state index contributed by atoms with van der Waals surface area (Å²) in [6.45, 7) is 0. The Kier molecular flexibility index (Phi) is 2.29. The lowest BCUT2D eigenvalue weighted by atomic mass is 10.2. The normalized spacial score (nSPS) is 10.6. The zero-order valence-corrected chi connectivity index (χ0v) is 8.71. The molecule has 4 heteroatoms. The van der Waals surface area contributed by atoms with E-state index in [1.807, 2.05) is 12.1 Å². The van der Waals surface area contributed by atoms with E-state index in [-0.39, 0.29) is 5.76 Å². The summed E-state index contributed by atoms with van der Waals surface area (Å²) in [7, 11) is 0. The number of carboxylic acids is 1. The molecular formula is C10H6BrO3-. The maximum absolute atomic E-state index is 10.5. The van der Waals surface area contributed by atoms with Crippen LogP contribution in [0.15, 0.2) is 28.7 Å². The highest BCUT2D eigenvalue weighted by Crippen LogP contribution is 2.21. The summed E-state index contributed by atoms with van der Waals surface area (Å²) in [5.41, 5.74) is 1.64. The quantitative estimate of drug-likeness (QED) is 0.766. The highest BCUT2D eigenvalue weighted by Gasteiger charge is 2.04. The third-order valence-corrected chi connectivity index (χ3v) is 2.58. The van der Waals surface area contributed by atoms with Gasteiger partial charge < -0.3 is 14.3 Å². The number of carbonyl (C=O) groups is 1. The maximum atomic E-state index is 10.5. The van der Waals surface area contributed by atoms with E-state index in [0.717, 1.165) is 16.3 Å². The zero-order chi connectivity index (χ0) is 10.1. The summed E-state index contributed by atoms with van der Waals surface area (Å²) in [5, 5.41) is 12.0. The predicted molar refractivity (Wildman–Crippen MR) is 53.2 cm³/mol. The van der Waals surface area contributed by atoms with Crippen LogP contribution in [0.5, 0.6) is 0 Å². The molecule has 0 radical (unpaired) electrons. The molecule has 0 aliphatic carbocycles. The molecule has 0 amide bonds. The number of carbonyl (C=O) groups excluding carboxylic acids is 1. The molecule has 0 bridgehead atoms. The Morgan fingerprint density at radius 3 is 2.86 bits per heavy atom. The Balaban J connectivity index is 2.60. The van der Waals surface area contributed by atoms with Crippen LogP contribution < -0.4 is 5.11 Å². The van der Waals surface area contributed by atoms with E-state index in [2.05, 4.69) is 15.9 Å². The molecule has 72 valence electrons. The van der Waals surface area contributed by atoms with Crippen LogP contribution in [-0.4, -0.2) is 5.97 Å². The van der Waals surface area contributed by atoms with Crippen molar-refractivity contribution in [1.82, 2.24) is 0 Å². The third-order valence-electron chi connectivity index (χ3n) is 1.94.